The molecule has 2 aromatic carbocycles. The van der Waals surface area contributed by atoms with E-state index in [1.165, 1.54) is 11.1 Å². The van der Waals surface area contributed by atoms with Crippen LogP contribution in [0.4, 0.5) is 8.78 Å². The van der Waals surface area contributed by atoms with E-state index in [-0.39, 0.29) is 6.04 Å². The molecule has 0 saturated carbocycles. The fraction of sp³-hybridized carbons (Fsp3) is 0.294. The van der Waals surface area contributed by atoms with Gasteiger partial charge in [0, 0.05) is 24.1 Å². The SMILES string of the molecule is CC(NCC1Cc2ccccc21)c1cccc(F)c1F. The molecule has 0 saturated heterocycles. The average Bonchev–Trinajstić information content (AvgIpc) is 2.42. The van der Waals surface area contributed by atoms with Gasteiger partial charge in [-0.1, -0.05) is 36.4 Å². The highest BCUT2D eigenvalue weighted by molar-refractivity contribution is 5.40. The van der Waals surface area contributed by atoms with Crippen molar-refractivity contribution in [2.45, 2.75) is 25.3 Å². The lowest BCUT2D eigenvalue weighted by Crippen LogP contribution is -2.31. The van der Waals surface area contributed by atoms with E-state index in [0.717, 1.165) is 19.0 Å². The second-order valence-corrected chi connectivity index (χ2v) is 5.37. The lowest BCUT2D eigenvalue weighted by molar-refractivity contribution is 0.452. The van der Waals surface area contributed by atoms with Crippen molar-refractivity contribution in [2.24, 2.45) is 0 Å². The molecule has 3 rings (SSSR count). The molecule has 0 amide bonds. The number of fused-ring (bicyclic) bond motifs is 1. The zero-order valence-corrected chi connectivity index (χ0v) is 11.4. The van der Waals surface area contributed by atoms with Crippen molar-refractivity contribution in [2.75, 3.05) is 6.54 Å². The molecule has 0 heterocycles. The topological polar surface area (TPSA) is 12.0 Å². The zero-order chi connectivity index (χ0) is 14.1. The van der Waals surface area contributed by atoms with E-state index in [1.807, 2.05) is 19.1 Å². The van der Waals surface area contributed by atoms with Gasteiger partial charge in [-0.2, -0.15) is 0 Å². The summed E-state index contributed by atoms with van der Waals surface area (Å²) in [5, 5.41) is 3.30. The van der Waals surface area contributed by atoms with Crippen LogP contribution in [0.25, 0.3) is 0 Å². The summed E-state index contributed by atoms with van der Waals surface area (Å²) in [6, 6.07) is 12.5. The van der Waals surface area contributed by atoms with Crippen molar-refractivity contribution < 1.29 is 8.78 Å². The van der Waals surface area contributed by atoms with E-state index >= 15 is 0 Å². The molecular weight excluding hydrogens is 256 g/mol. The maximum atomic E-state index is 13.7. The lowest BCUT2D eigenvalue weighted by Gasteiger charge is -2.31. The second-order valence-electron chi connectivity index (χ2n) is 5.37. The summed E-state index contributed by atoms with van der Waals surface area (Å²) in [6.07, 6.45) is 1.06. The van der Waals surface area contributed by atoms with E-state index < -0.39 is 11.6 Å². The number of benzene rings is 2. The number of rotatable bonds is 4. The minimum absolute atomic E-state index is 0.196. The molecule has 2 unspecified atom stereocenters. The van der Waals surface area contributed by atoms with Gasteiger partial charge in [0.2, 0.25) is 0 Å². The first kappa shape index (κ1) is 13.3. The van der Waals surface area contributed by atoms with Crippen LogP contribution in [0.5, 0.6) is 0 Å². The predicted octanol–water partition coefficient (Wildman–Crippen LogP) is 3.96. The van der Waals surface area contributed by atoms with Gasteiger partial charge in [0.15, 0.2) is 11.6 Å². The van der Waals surface area contributed by atoms with Gasteiger partial charge in [-0.15, -0.1) is 0 Å². The van der Waals surface area contributed by atoms with E-state index in [1.54, 1.807) is 12.1 Å². The first-order valence-corrected chi connectivity index (χ1v) is 6.92. The van der Waals surface area contributed by atoms with Gasteiger partial charge < -0.3 is 5.32 Å². The molecule has 0 aromatic heterocycles. The molecule has 0 fully saturated rings. The Balaban J connectivity index is 1.64. The smallest absolute Gasteiger partial charge is 0.163 e. The molecule has 104 valence electrons. The van der Waals surface area contributed by atoms with Gasteiger partial charge in [0.1, 0.15) is 0 Å². The van der Waals surface area contributed by atoms with Gasteiger partial charge in [0.05, 0.1) is 0 Å². The van der Waals surface area contributed by atoms with Crippen molar-refractivity contribution in [3.63, 3.8) is 0 Å². The van der Waals surface area contributed by atoms with Crippen molar-refractivity contribution >= 4 is 0 Å². The maximum absolute atomic E-state index is 13.7. The number of hydrogen-bond donors (Lipinski definition) is 1. The Morgan fingerprint density at radius 1 is 1.15 bits per heavy atom. The first-order valence-electron chi connectivity index (χ1n) is 6.92. The molecule has 0 bridgehead atoms. The zero-order valence-electron chi connectivity index (χ0n) is 11.4. The third-order valence-corrected chi connectivity index (χ3v) is 4.08. The molecule has 20 heavy (non-hydrogen) atoms. The summed E-state index contributed by atoms with van der Waals surface area (Å²) in [4.78, 5) is 0. The Morgan fingerprint density at radius 3 is 2.75 bits per heavy atom. The molecule has 1 N–H and O–H groups in total. The van der Waals surface area contributed by atoms with Crippen molar-refractivity contribution in [3.8, 4) is 0 Å². The molecule has 2 aromatic rings. The highest BCUT2D eigenvalue weighted by Gasteiger charge is 2.25. The molecule has 1 nitrogen and oxygen atoms in total. The summed E-state index contributed by atoms with van der Waals surface area (Å²) in [7, 11) is 0. The van der Waals surface area contributed by atoms with Crippen molar-refractivity contribution in [1.29, 1.82) is 0 Å². The Kier molecular flexibility index (Phi) is 3.53. The summed E-state index contributed by atoms with van der Waals surface area (Å²) < 4.78 is 26.9. The standard InChI is InChI=1S/C17H17F2N/c1-11(14-7-4-8-16(18)17(14)19)20-10-13-9-12-5-2-3-6-15(12)13/h2-8,11,13,20H,9-10H2,1H3. The summed E-state index contributed by atoms with van der Waals surface area (Å²) >= 11 is 0. The Bertz CT molecular complexity index is 624. The van der Waals surface area contributed by atoms with Crippen LogP contribution in [0.3, 0.4) is 0 Å². The highest BCUT2D eigenvalue weighted by Crippen LogP contribution is 2.34. The third-order valence-electron chi connectivity index (χ3n) is 4.08. The number of hydrogen-bond acceptors (Lipinski definition) is 1. The molecule has 3 heteroatoms. The highest BCUT2D eigenvalue weighted by atomic mass is 19.2. The second kappa shape index (κ2) is 5.33. The van der Waals surface area contributed by atoms with E-state index in [9.17, 15) is 8.78 Å². The Labute approximate surface area is 117 Å². The monoisotopic (exact) mass is 273 g/mol. The van der Waals surface area contributed by atoms with Gasteiger partial charge in [-0.05, 0) is 30.5 Å². The van der Waals surface area contributed by atoms with Crippen LogP contribution in [-0.2, 0) is 6.42 Å². The van der Waals surface area contributed by atoms with Crippen molar-refractivity contribution in [3.05, 3.63) is 70.8 Å². The Hall–Kier alpha value is -1.74. The number of nitrogens with one attached hydrogen (secondary N) is 1. The molecule has 2 atom stereocenters. The van der Waals surface area contributed by atoms with Crippen LogP contribution >= 0.6 is 0 Å². The predicted molar refractivity (Wildman–Crippen MR) is 75.7 cm³/mol. The summed E-state index contributed by atoms with van der Waals surface area (Å²) in [5.41, 5.74) is 3.15. The van der Waals surface area contributed by atoms with E-state index in [2.05, 4.69) is 17.4 Å². The molecule has 0 spiro atoms. The maximum Gasteiger partial charge on any atom is 0.163 e. The normalized spacial score (nSPS) is 18.2. The van der Waals surface area contributed by atoms with Crippen LogP contribution in [0.15, 0.2) is 42.5 Å². The molecule has 1 aliphatic rings. The van der Waals surface area contributed by atoms with E-state index in [4.69, 9.17) is 0 Å². The van der Waals surface area contributed by atoms with Gasteiger partial charge in [0.25, 0.3) is 0 Å². The average molecular weight is 273 g/mol. The summed E-state index contributed by atoms with van der Waals surface area (Å²) in [5.74, 6) is -1.06. The van der Waals surface area contributed by atoms with Crippen molar-refractivity contribution in [1.82, 2.24) is 5.32 Å². The van der Waals surface area contributed by atoms with Gasteiger partial charge in [-0.3, -0.25) is 0 Å². The van der Waals surface area contributed by atoms with E-state index in [0.29, 0.717) is 11.5 Å². The van der Waals surface area contributed by atoms with Crippen LogP contribution in [0.1, 0.15) is 35.6 Å². The van der Waals surface area contributed by atoms with Crippen LogP contribution in [0, 0.1) is 11.6 Å². The minimum atomic E-state index is -0.787. The number of halogens is 2. The Morgan fingerprint density at radius 2 is 1.95 bits per heavy atom. The fourth-order valence-electron chi connectivity index (χ4n) is 2.83. The van der Waals surface area contributed by atoms with Crippen LogP contribution < -0.4 is 5.32 Å². The van der Waals surface area contributed by atoms with Crippen LogP contribution in [0.2, 0.25) is 0 Å². The lowest BCUT2D eigenvalue weighted by atomic mass is 9.77. The molecule has 0 aliphatic heterocycles. The largest absolute Gasteiger partial charge is 0.309 e. The fourth-order valence-corrected chi connectivity index (χ4v) is 2.83. The minimum Gasteiger partial charge on any atom is -0.309 e. The van der Waals surface area contributed by atoms with Crippen LogP contribution in [-0.4, -0.2) is 6.54 Å². The van der Waals surface area contributed by atoms with Gasteiger partial charge >= 0.3 is 0 Å². The quantitative estimate of drug-likeness (QED) is 0.889. The molecule has 0 radical (unpaired) electrons. The first-order chi connectivity index (χ1) is 9.66. The molecular formula is C17H17F2N. The van der Waals surface area contributed by atoms with Gasteiger partial charge in [-0.25, -0.2) is 8.78 Å². The summed E-state index contributed by atoms with van der Waals surface area (Å²) in [6.45, 7) is 2.65. The third kappa shape index (κ3) is 2.34. The molecule has 1 aliphatic carbocycles.